The van der Waals surface area contributed by atoms with Crippen LogP contribution in [0.1, 0.15) is 0 Å². The number of ether oxygens (including phenoxy) is 1. The fraction of sp³-hybridized carbons (Fsp3) is 0.0769. The Labute approximate surface area is 120 Å². The van der Waals surface area contributed by atoms with Crippen molar-refractivity contribution >= 4 is 22.6 Å². The summed E-state index contributed by atoms with van der Waals surface area (Å²) in [7, 11) is 0. The van der Waals surface area contributed by atoms with Crippen LogP contribution in [0.25, 0.3) is 11.1 Å². The van der Waals surface area contributed by atoms with Crippen molar-refractivity contribution in [3.05, 3.63) is 51.9 Å². The van der Waals surface area contributed by atoms with E-state index in [4.69, 9.17) is 0 Å². The molecule has 0 N–H and O–H groups in total. The molecule has 2 aromatic rings. The van der Waals surface area contributed by atoms with E-state index in [1.807, 2.05) is 22.6 Å². The zero-order valence-electron chi connectivity index (χ0n) is 9.34. The van der Waals surface area contributed by atoms with Crippen molar-refractivity contribution in [2.24, 2.45) is 0 Å². The predicted octanol–water partition coefficient (Wildman–Crippen LogP) is 5.00. The van der Waals surface area contributed by atoms with E-state index in [9.17, 15) is 17.6 Å². The SMILES string of the molecule is Fc1cc(I)ccc1-c1ccc(OC(F)(F)F)cc1. The Hall–Kier alpha value is -1.31. The molecule has 0 fully saturated rings. The van der Waals surface area contributed by atoms with Gasteiger partial charge in [-0.25, -0.2) is 4.39 Å². The number of hydrogen-bond acceptors (Lipinski definition) is 1. The minimum absolute atomic E-state index is 0.331. The molecule has 0 saturated carbocycles. The normalized spacial score (nSPS) is 11.4. The van der Waals surface area contributed by atoms with Crippen molar-refractivity contribution in [2.45, 2.75) is 6.36 Å². The molecule has 0 radical (unpaired) electrons. The average molecular weight is 382 g/mol. The fourth-order valence-electron chi connectivity index (χ4n) is 1.56. The molecule has 100 valence electrons. The van der Waals surface area contributed by atoms with Crippen molar-refractivity contribution in [3.8, 4) is 16.9 Å². The zero-order valence-corrected chi connectivity index (χ0v) is 11.5. The van der Waals surface area contributed by atoms with E-state index in [0.29, 0.717) is 11.1 Å². The van der Waals surface area contributed by atoms with Crippen molar-refractivity contribution in [3.63, 3.8) is 0 Å². The summed E-state index contributed by atoms with van der Waals surface area (Å²) in [5.41, 5.74) is 0.822. The minimum Gasteiger partial charge on any atom is -0.406 e. The molecular weight excluding hydrogens is 375 g/mol. The molecule has 0 aliphatic heterocycles. The van der Waals surface area contributed by atoms with Crippen molar-refractivity contribution < 1.29 is 22.3 Å². The number of alkyl halides is 3. The van der Waals surface area contributed by atoms with Gasteiger partial charge < -0.3 is 4.74 Å². The molecule has 0 aliphatic carbocycles. The summed E-state index contributed by atoms with van der Waals surface area (Å²) in [6.07, 6.45) is -4.73. The van der Waals surface area contributed by atoms with E-state index in [0.717, 1.165) is 15.7 Å². The first-order valence-electron chi connectivity index (χ1n) is 5.16. The Morgan fingerprint density at radius 1 is 0.947 bits per heavy atom. The van der Waals surface area contributed by atoms with E-state index in [2.05, 4.69) is 4.74 Å². The highest BCUT2D eigenvalue weighted by Crippen LogP contribution is 2.28. The van der Waals surface area contributed by atoms with Gasteiger partial charge >= 0.3 is 6.36 Å². The summed E-state index contributed by atoms with van der Waals surface area (Å²) in [5.74, 6) is -0.751. The molecule has 0 saturated heterocycles. The second kappa shape index (κ2) is 5.36. The smallest absolute Gasteiger partial charge is 0.406 e. The highest BCUT2D eigenvalue weighted by molar-refractivity contribution is 14.1. The third-order valence-corrected chi connectivity index (χ3v) is 3.00. The highest BCUT2D eigenvalue weighted by Gasteiger charge is 2.30. The van der Waals surface area contributed by atoms with Crippen LogP contribution in [0.15, 0.2) is 42.5 Å². The molecule has 0 atom stereocenters. The maximum Gasteiger partial charge on any atom is 0.573 e. The molecule has 0 bridgehead atoms. The first-order chi connectivity index (χ1) is 8.85. The molecular formula is C13H7F4IO. The predicted molar refractivity (Wildman–Crippen MR) is 71.2 cm³/mol. The van der Waals surface area contributed by atoms with Gasteiger partial charge in [-0.1, -0.05) is 18.2 Å². The number of halogens is 5. The lowest BCUT2D eigenvalue weighted by molar-refractivity contribution is -0.274. The molecule has 19 heavy (non-hydrogen) atoms. The maximum atomic E-state index is 13.7. The summed E-state index contributed by atoms with van der Waals surface area (Å²) >= 11 is 1.98. The molecule has 2 aromatic carbocycles. The second-order valence-electron chi connectivity index (χ2n) is 3.70. The van der Waals surface area contributed by atoms with Gasteiger partial charge in [-0.3, -0.25) is 0 Å². The Morgan fingerprint density at radius 2 is 1.58 bits per heavy atom. The van der Waals surface area contributed by atoms with Gasteiger partial charge in [0.2, 0.25) is 0 Å². The van der Waals surface area contributed by atoms with Crippen molar-refractivity contribution in [1.82, 2.24) is 0 Å². The lowest BCUT2D eigenvalue weighted by Gasteiger charge is -2.09. The molecule has 6 heteroatoms. The van der Waals surface area contributed by atoms with Crippen LogP contribution in [0.4, 0.5) is 17.6 Å². The lowest BCUT2D eigenvalue weighted by Crippen LogP contribution is -2.16. The molecule has 0 amide bonds. The third kappa shape index (κ3) is 3.82. The fourth-order valence-corrected chi connectivity index (χ4v) is 2.01. The lowest BCUT2D eigenvalue weighted by atomic mass is 10.1. The minimum atomic E-state index is -4.73. The summed E-state index contributed by atoms with van der Waals surface area (Å²) in [6, 6.07) is 9.73. The van der Waals surface area contributed by atoms with Gasteiger partial charge in [-0.05, 0) is 52.4 Å². The van der Waals surface area contributed by atoms with Crippen LogP contribution in [0, 0.1) is 9.39 Å². The molecule has 0 spiro atoms. The standard InChI is InChI=1S/C13H7F4IO/c14-12-7-9(18)3-6-11(12)8-1-4-10(5-2-8)19-13(15,16)17/h1-7H. The highest BCUT2D eigenvalue weighted by atomic mass is 127. The molecule has 0 aliphatic rings. The molecule has 1 nitrogen and oxygen atoms in total. The van der Waals surface area contributed by atoms with Gasteiger partial charge in [0.1, 0.15) is 11.6 Å². The van der Waals surface area contributed by atoms with Crippen LogP contribution in [-0.4, -0.2) is 6.36 Å². The van der Waals surface area contributed by atoms with Gasteiger partial charge in [-0.15, -0.1) is 13.2 Å². The van der Waals surface area contributed by atoms with Gasteiger partial charge in [0, 0.05) is 9.13 Å². The van der Waals surface area contributed by atoms with Crippen LogP contribution >= 0.6 is 22.6 Å². The van der Waals surface area contributed by atoms with Gasteiger partial charge in [0.25, 0.3) is 0 Å². The Bertz CT molecular complexity index is 578. The summed E-state index contributed by atoms with van der Waals surface area (Å²) in [5, 5.41) is 0. The third-order valence-electron chi connectivity index (χ3n) is 2.33. The summed E-state index contributed by atoms with van der Waals surface area (Å²) < 4.78 is 54.2. The largest absolute Gasteiger partial charge is 0.573 e. The van der Waals surface area contributed by atoms with E-state index >= 15 is 0 Å². The number of hydrogen-bond donors (Lipinski definition) is 0. The van der Waals surface area contributed by atoms with Crippen molar-refractivity contribution in [2.75, 3.05) is 0 Å². The van der Waals surface area contributed by atoms with Gasteiger partial charge in [0.15, 0.2) is 0 Å². The van der Waals surface area contributed by atoms with E-state index in [1.165, 1.54) is 18.2 Å². The topological polar surface area (TPSA) is 9.23 Å². The number of benzene rings is 2. The van der Waals surface area contributed by atoms with E-state index < -0.39 is 12.2 Å². The number of rotatable bonds is 2. The molecule has 0 heterocycles. The van der Waals surface area contributed by atoms with Gasteiger partial charge in [-0.2, -0.15) is 0 Å². The van der Waals surface area contributed by atoms with Crippen LogP contribution in [0.5, 0.6) is 5.75 Å². The van der Waals surface area contributed by atoms with E-state index in [1.54, 1.807) is 12.1 Å². The average Bonchev–Trinajstić information content (AvgIpc) is 2.28. The van der Waals surface area contributed by atoms with Crippen LogP contribution in [-0.2, 0) is 0 Å². The first-order valence-corrected chi connectivity index (χ1v) is 6.24. The Kier molecular flexibility index (Phi) is 3.98. The molecule has 0 aromatic heterocycles. The van der Waals surface area contributed by atoms with Gasteiger partial charge in [0.05, 0.1) is 0 Å². The van der Waals surface area contributed by atoms with Crippen LogP contribution in [0.3, 0.4) is 0 Å². The second-order valence-corrected chi connectivity index (χ2v) is 4.94. The van der Waals surface area contributed by atoms with Crippen LogP contribution < -0.4 is 4.74 Å². The Balaban J connectivity index is 2.27. The summed E-state index contributed by atoms with van der Waals surface area (Å²) in [4.78, 5) is 0. The molecule has 2 rings (SSSR count). The monoisotopic (exact) mass is 382 g/mol. The van der Waals surface area contributed by atoms with E-state index in [-0.39, 0.29) is 5.75 Å². The van der Waals surface area contributed by atoms with Crippen molar-refractivity contribution in [1.29, 1.82) is 0 Å². The summed E-state index contributed by atoms with van der Waals surface area (Å²) in [6.45, 7) is 0. The maximum absolute atomic E-state index is 13.7. The van der Waals surface area contributed by atoms with Crippen LogP contribution in [0.2, 0.25) is 0 Å². The molecule has 0 unspecified atom stereocenters. The first kappa shape index (κ1) is 14.1. The Morgan fingerprint density at radius 3 is 2.11 bits per heavy atom. The quantitative estimate of drug-likeness (QED) is 0.525. The zero-order chi connectivity index (χ0) is 14.0.